The van der Waals surface area contributed by atoms with Crippen molar-refractivity contribution in [3.8, 4) is 0 Å². The zero-order chi connectivity index (χ0) is 24.1. The second kappa shape index (κ2) is 8.56. The lowest BCUT2D eigenvalue weighted by Crippen LogP contribution is -2.56. The van der Waals surface area contributed by atoms with Crippen LogP contribution in [0.25, 0.3) is 0 Å². The second-order valence-electron chi connectivity index (χ2n) is 9.36. The highest BCUT2D eigenvalue weighted by molar-refractivity contribution is 6.34. The number of carbonyl (C=O) groups is 3. The monoisotopic (exact) mass is 477 g/mol. The fraction of sp³-hybridized carbons (Fsp3) is 0.625. The molecule has 0 saturated carbocycles. The third-order valence-corrected chi connectivity index (χ3v) is 8.26. The number of hydrogen-bond donors (Lipinski definition) is 3. The minimum atomic E-state index is -1.13. The molecule has 3 saturated heterocycles. The number of likely N-dealkylation sites (tertiary alicyclic amines) is 1. The smallest absolute Gasteiger partial charge is 0.250 e. The number of aliphatic hydroxyl groups excluding tert-OH is 1. The van der Waals surface area contributed by atoms with Crippen LogP contribution in [-0.2, 0) is 19.1 Å². The third-order valence-electron chi connectivity index (χ3n) is 7.94. The van der Waals surface area contributed by atoms with Crippen LogP contribution >= 0.6 is 11.6 Å². The average Bonchev–Trinajstić information content (AvgIpc) is 3.41. The van der Waals surface area contributed by atoms with Crippen LogP contribution in [0, 0.1) is 18.8 Å². The molecule has 4 rings (SSSR count). The van der Waals surface area contributed by atoms with Gasteiger partial charge in [0.2, 0.25) is 17.7 Å². The van der Waals surface area contributed by atoms with Crippen LogP contribution in [0.2, 0.25) is 5.02 Å². The van der Waals surface area contributed by atoms with Crippen molar-refractivity contribution in [2.45, 2.75) is 69.7 Å². The Balaban J connectivity index is 1.82. The predicted octanol–water partition coefficient (Wildman–Crippen LogP) is 2.26. The Labute approximate surface area is 199 Å². The van der Waals surface area contributed by atoms with E-state index in [-0.39, 0.29) is 18.4 Å². The van der Waals surface area contributed by atoms with Crippen molar-refractivity contribution in [1.29, 1.82) is 0 Å². The number of para-hydroxylation sites is 1. The van der Waals surface area contributed by atoms with Gasteiger partial charge in [0.1, 0.15) is 11.6 Å². The SMILES string of the molecule is CC[C@@H](CO)N1C(=O)[C@@H]2[C@@H](C(=O)NC)[C@@]3(CC)CCC2(O3)C1C(=O)Nc1c(C)cccc1Cl. The van der Waals surface area contributed by atoms with E-state index in [2.05, 4.69) is 10.6 Å². The van der Waals surface area contributed by atoms with E-state index >= 15 is 0 Å². The van der Waals surface area contributed by atoms with Gasteiger partial charge in [0.25, 0.3) is 0 Å². The quantitative estimate of drug-likeness (QED) is 0.558. The second-order valence-corrected chi connectivity index (χ2v) is 9.77. The predicted molar refractivity (Wildman–Crippen MR) is 124 cm³/mol. The maximum atomic E-state index is 13.9. The molecule has 180 valence electrons. The van der Waals surface area contributed by atoms with Gasteiger partial charge in [-0.05, 0) is 44.2 Å². The van der Waals surface area contributed by atoms with Gasteiger partial charge in [0.15, 0.2) is 0 Å². The molecule has 0 radical (unpaired) electrons. The molecule has 1 aromatic rings. The van der Waals surface area contributed by atoms with Crippen LogP contribution in [-0.4, -0.2) is 64.7 Å². The van der Waals surface area contributed by atoms with E-state index < -0.39 is 41.0 Å². The van der Waals surface area contributed by atoms with Crippen LogP contribution < -0.4 is 10.6 Å². The zero-order valence-electron chi connectivity index (χ0n) is 19.5. The number of aliphatic hydroxyl groups is 1. The van der Waals surface area contributed by atoms with E-state index in [0.29, 0.717) is 36.4 Å². The normalized spacial score (nSPS) is 33.2. The highest BCUT2D eigenvalue weighted by atomic mass is 35.5. The summed E-state index contributed by atoms with van der Waals surface area (Å²) < 4.78 is 6.63. The molecule has 0 aliphatic carbocycles. The Morgan fingerprint density at radius 2 is 2.03 bits per heavy atom. The van der Waals surface area contributed by atoms with Crippen LogP contribution in [0.15, 0.2) is 18.2 Å². The fourth-order valence-electron chi connectivity index (χ4n) is 6.30. The minimum absolute atomic E-state index is 0.253. The molecule has 3 aliphatic rings. The van der Waals surface area contributed by atoms with Crippen LogP contribution in [0.3, 0.4) is 0 Å². The number of benzene rings is 1. The summed E-state index contributed by atoms with van der Waals surface area (Å²) in [5.41, 5.74) is -0.646. The van der Waals surface area contributed by atoms with Crippen LogP contribution in [0.1, 0.15) is 45.1 Å². The summed E-state index contributed by atoms with van der Waals surface area (Å²) in [6.07, 6.45) is 2.10. The highest BCUT2D eigenvalue weighted by Crippen LogP contribution is 2.64. The Morgan fingerprint density at radius 1 is 1.30 bits per heavy atom. The number of carbonyl (C=O) groups excluding carboxylic acids is 3. The number of rotatable bonds is 7. The molecule has 2 unspecified atom stereocenters. The van der Waals surface area contributed by atoms with Gasteiger partial charge in [-0.25, -0.2) is 0 Å². The van der Waals surface area contributed by atoms with Gasteiger partial charge in [-0.3, -0.25) is 14.4 Å². The molecule has 3 N–H and O–H groups in total. The van der Waals surface area contributed by atoms with E-state index in [1.807, 2.05) is 26.8 Å². The molecule has 2 bridgehead atoms. The molecule has 6 atom stereocenters. The maximum absolute atomic E-state index is 13.9. The van der Waals surface area contributed by atoms with Crippen molar-refractivity contribution >= 4 is 35.0 Å². The van der Waals surface area contributed by atoms with Crippen molar-refractivity contribution < 1.29 is 24.2 Å². The molecule has 0 aromatic heterocycles. The molecule has 3 heterocycles. The Bertz CT molecular complexity index is 963. The molecule has 33 heavy (non-hydrogen) atoms. The zero-order valence-corrected chi connectivity index (χ0v) is 20.2. The van der Waals surface area contributed by atoms with E-state index in [4.69, 9.17) is 16.3 Å². The average molecular weight is 478 g/mol. The molecule has 3 fully saturated rings. The number of anilines is 1. The lowest BCUT2D eigenvalue weighted by atomic mass is 9.65. The topological polar surface area (TPSA) is 108 Å². The van der Waals surface area contributed by atoms with E-state index in [9.17, 15) is 19.5 Å². The molecule has 3 aliphatic heterocycles. The van der Waals surface area contributed by atoms with Crippen molar-refractivity contribution in [2.75, 3.05) is 19.0 Å². The number of hydrogen-bond acceptors (Lipinski definition) is 5. The van der Waals surface area contributed by atoms with Gasteiger partial charge in [0, 0.05) is 7.05 Å². The van der Waals surface area contributed by atoms with Crippen molar-refractivity contribution in [3.63, 3.8) is 0 Å². The number of nitrogens with zero attached hydrogens (tertiary/aromatic N) is 1. The number of aryl methyl sites for hydroxylation is 1. The molecule has 8 nitrogen and oxygen atoms in total. The van der Waals surface area contributed by atoms with Crippen molar-refractivity contribution in [2.24, 2.45) is 11.8 Å². The minimum Gasteiger partial charge on any atom is -0.394 e. The van der Waals surface area contributed by atoms with Gasteiger partial charge >= 0.3 is 0 Å². The maximum Gasteiger partial charge on any atom is 0.250 e. The van der Waals surface area contributed by atoms with E-state index in [0.717, 1.165) is 5.56 Å². The summed E-state index contributed by atoms with van der Waals surface area (Å²) in [6, 6.07) is 3.79. The number of halogens is 1. The standard InChI is InChI=1S/C24H32ClN3O5/c1-5-14(12-29)28-19(21(31)27-18-13(3)8-7-9-15(18)25)24-11-10-23(6-2,33-24)16(20(30)26-4)17(24)22(28)32/h7-9,14,16-17,19,29H,5-6,10-12H2,1-4H3,(H,26,30)(H,27,31)/t14-,16-,17-,19?,23+,24?/m0/s1. The van der Waals surface area contributed by atoms with Gasteiger partial charge in [-0.15, -0.1) is 0 Å². The Kier molecular flexibility index (Phi) is 6.22. The van der Waals surface area contributed by atoms with Gasteiger partial charge in [-0.2, -0.15) is 0 Å². The molecule has 1 spiro atoms. The molecule has 1 aromatic carbocycles. The third kappa shape index (κ3) is 3.29. The summed E-state index contributed by atoms with van der Waals surface area (Å²) in [5, 5.41) is 16.1. The first kappa shape index (κ1) is 24.0. The molecular formula is C24H32ClN3O5. The fourth-order valence-corrected chi connectivity index (χ4v) is 6.57. The molecule has 9 heteroatoms. The van der Waals surface area contributed by atoms with Crippen LogP contribution in [0.5, 0.6) is 0 Å². The summed E-state index contributed by atoms with van der Waals surface area (Å²) in [5.74, 6) is -2.45. The van der Waals surface area contributed by atoms with Crippen LogP contribution in [0.4, 0.5) is 5.69 Å². The summed E-state index contributed by atoms with van der Waals surface area (Å²) in [7, 11) is 1.55. The Morgan fingerprint density at radius 3 is 2.61 bits per heavy atom. The largest absolute Gasteiger partial charge is 0.394 e. The molecule has 3 amide bonds. The van der Waals surface area contributed by atoms with Crippen molar-refractivity contribution in [3.05, 3.63) is 28.8 Å². The summed E-state index contributed by atoms with van der Waals surface area (Å²) in [6.45, 7) is 5.36. The number of nitrogens with one attached hydrogen (secondary N) is 2. The summed E-state index contributed by atoms with van der Waals surface area (Å²) >= 11 is 6.36. The van der Waals surface area contributed by atoms with E-state index in [1.165, 1.54) is 4.90 Å². The first-order valence-electron chi connectivity index (χ1n) is 11.6. The first-order chi connectivity index (χ1) is 15.7. The highest BCUT2D eigenvalue weighted by Gasteiger charge is 2.79. The Hall–Kier alpha value is -2.16. The number of fused-ring (bicyclic) bond motifs is 1. The van der Waals surface area contributed by atoms with Gasteiger partial charge < -0.3 is 25.4 Å². The van der Waals surface area contributed by atoms with Crippen molar-refractivity contribution in [1.82, 2.24) is 10.2 Å². The van der Waals surface area contributed by atoms with Gasteiger partial charge in [-0.1, -0.05) is 37.6 Å². The van der Waals surface area contributed by atoms with E-state index in [1.54, 1.807) is 19.2 Å². The lowest BCUT2D eigenvalue weighted by Gasteiger charge is -2.37. The number of ether oxygens (including phenoxy) is 1. The lowest BCUT2D eigenvalue weighted by molar-refractivity contribution is -0.149. The number of amides is 3. The first-order valence-corrected chi connectivity index (χ1v) is 12.0. The van der Waals surface area contributed by atoms with Gasteiger partial charge in [0.05, 0.1) is 40.8 Å². The molecular weight excluding hydrogens is 446 g/mol. The summed E-state index contributed by atoms with van der Waals surface area (Å²) in [4.78, 5) is 42.2.